The maximum absolute atomic E-state index is 11.5. The van der Waals surface area contributed by atoms with Crippen LogP contribution in [0.4, 0.5) is 23.1 Å². The second-order valence-corrected chi connectivity index (χ2v) is 6.45. The van der Waals surface area contributed by atoms with E-state index in [2.05, 4.69) is 30.5 Å². The van der Waals surface area contributed by atoms with Gasteiger partial charge in [-0.25, -0.2) is 4.98 Å². The molecule has 0 fully saturated rings. The Morgan fingerprint density at radius 3 is 2.93 bits per heavy atom. The molecule has 7 nitrogen and oxygen atoms in total. The van der Waals surface area contributed by atoms with Crippen LogP contribution in [-0.4, -0.2) is 34.5 Å². The summed E-state index contributed by atoms with van der Waals surface area (Å²) in [6, 6.07) is 13.6. The smallest absolute Gasteiger partial charge is 0.229 e. The molecular formula is C20H20N6O. The topological polar surface area (TPSA) is 83.0 Å². The van der Waals surface area contributed by atoms with Gasteiger partial charge < -0.3 is 15.5 Å². The third kappa shape index (κ3) is 4.03. The van der Waals surface area contributed by atoms with E-state index in [0.717, 1.165) is 41.4 Å². The first-order chi connectivity index (χ1) is 13.2. The minimum atomic E-state index is 0.0231. The highest BCUT2D eigenvalue weighted by molar-refractivity contribution is 5.99. The molecule has 0 bridgehead atoms. The van der Waals surface area contributed by atoms with Gasteiger partial charge in [-0.2, -0.15) is 4.98 Å². The van der Waals surface area contributed by atoms with Crippen LogP contribution < -0.4 is 15.5 Å². The number of likely N-dealkylation sites (N-methyl/N-ethyl adjacent to an activating group) is 1. The number of carbonyl (C=O) groups is 1. The molecule has 0 atom stereocenters. The van der Waals surface area contributed by atoms with Crippen LogP contribution in [0.2, 0.25) is 0 Å². The highest BCUT2D eigenvalue weighted by Crippen LogP contribution is 2.27. The number of pyridine rings is 1. The number of carbonyl (C=O) groups excluding carboxylic acids is 1. The van der Waals surface area contributed by atoms with E-state index in [0.29, 0.717) is 12.4 Å². The van der Waals surface area contributed by atoms with Gasteiger partial charge in [0.1, 0.15) is 5.82 Å². The van der Waals surface area contributed by atoms with Crippen molar-refractivity contribution in [3.05, 3.63) is 66.1 Å². The van der Waals surface area contributed by atoms with Gasteiger partial charge in [0, 0.05) is 49.5 Å². The Morgan fingerprint density at radius 1 is 1.15 bits per heavy atom. The Labute approximate surface area is 157 Å². The Bertz CT molecular complexity index is 960. The lowest BCUT2D eigenvalue weighted by Gasteiger charge is -2.18. The Morgan fingerprint density at radius 2 is 2.07 bits per heavy atom. The van der Waals surface area contributed by atoms with E-state index in [-0.39, 0.29) is 5.91 Å². The van der Waals surface area contributed by atoms with Crippen molar-refractivity contribution in [3.63, 3.8) is 0 Å². The predicted molar refractivity (Wildman–Crippen MR) is 105 cm³/mol. The monoisotopic (exact) mass is 360 g/mol. The number of nitrogens with one attached hydrogen (secondary N) is 2. The summed E-state index contributed by atoms with van der Waals surface area (Å²) < 4.78 is 0. The minimum absolute atomic E-state index is 0.0231. The van der Waals surface area contributed by atoms with Crippen LogP contribution in [0.1, 0.15) is 11.3 Å². The molecule has 0 saturated heterocycles. The van der Waals surface area contributed by atoms with Crippen LogP contribution >= 0.6 is 0 Å². The molecule has 4 rings (SSSR count). The lowest BCUT2D eigenvalue weighted by atomic mass is 10.1. The summed E-state index contributed by atoms with van der Waals surface area (Å²) in [5.74, 6) is 1.38. The molecule has 136 valence electrons. The van der Waals surface area contributed by atoms with Gasteiger partial charge in [0.2, 0.25) is 11.9 Å². The third-order valence-electron chi connectivity index (χ3n) is 4.45. The van der Waals surface area contributed by atoms with E-state index < -0.39 is 0 Å². The predicted octanol–water partition coefficient (Wildman–Crippen LogP) is 2.79. The van der Waals surface area contributed by atoms with Gasteiger partial charge in [-0.05, 0) is 42.0 Å². The molecule has 1 aromatic carbocycles. The first kappa shape index (κ1) is 17.0. The van der Waals surface area contributed by atoms with Gasteiger partial charge in [0.15, 0.2) is 0 Å². The largest absolute Gasteiger partial charge is 0.359 e. The van der Waals surface area contributed by atoms with Gasteiger partial charge in [0.05, 0.1) is 6.42 Å². The van der Waals surface area contributed by atoms with Crippen LogP contribution in [0, 0.1) is 0 Å². The molecule has 3 aromatic rings. The Kier molecular flexibility index (Phi) is 4.65. The van der Waals surface area contributed by atoms with Gasteiger partial charge >= 0.3 is 0 Å². The number of benzene rings is 1. The molecule has 3 heterocycles. The first-order valence-corrected chi connectivity index (χ1v) is 8.81. The molecule has 1 amide bonds. The van der Waals surface area contributed by atoms with Crippen molar-refractivity contribution in [2.75, 3.05) is 29.1 Å². The molecule has 0 saturated carbocycles. The molecule has 0 spiro atoms. The zero-order valence-corrected chi connectivity index (χ0v) is 15.0. The van der Waals surface area contributed by atoms with Crippen LogP contribution in [0.15, 0.2) is 54.9 Å². The lowest BCUT2D eigenvalue weighted by molar-refractivity contribution is -0.115. The molecule has 27 heavy (non-hydrogen) atoms. The number of fused-ring (bicyclic) bond motifs is 1. The Balaban J connectivity index is 1.43. The summed E-state index contributed by atoms with van der Waals surface area (Å²) in [6.45, 7) is 0.806. The van der Waals surface area contributed by atoms with E-state index in [9.17, 15) is 4.79 Å². The second-order valence-electron chi connectivity index (χ2n) is 6.45. The lowest BCUT2D eigenvalue weighted by Crippen LogP contribution is -2.22. The van der Waals surface area contributed by atoms with E-state index in [4.69, 9.17) is 0 Å². The van der Waals surface area contributed by atoms with Crippen LogP contribution in [-0.2, 0) is 17.6 Å². The average Bonchev–Trinajstić information content (AvgIpc) is 3.06. The zero-order valence-electron chi connectivity index (χ0n) is 15.0. The fourth-order valence-corrected chi connectivity index (χ4v) is 3.00. The molecule has 2 aromatic heterocycles. The van der Waals surface area contributed by atoms with Crippen molar-refractivity contribution < 1.29 is 4.79 Å². The third-order valence-corrected chi connectivity index (χ3v) is 4.45. The summed E-state index contributed by atoms with van der Waals surface area (Å²) >= 11 is 0. The van der Waals surface area contributed by atoms with Gasteiger partial charge in [-0.15, -0.1) is 0 Å². The van der Waals surface area contributed by atoms with E-state index in [1.54, 1.807) is 6.20 Å². The summed E-state index contributed by atoms with van der Waals surface area (Å²) in [7, 11) is 2.00. The van der Waals surface area contributed by atoms with Crippen molar-refractivity contribution in [2.24, 2.45) is 0 Å². The number of rotatable bonds is 6. The highest BCUT2D eigenvalue weighted by Gasteiger charge is 2.17. The summed E-state index contributed by atoms with van der Waals surface area (Å²) in [5, 5.41) is 6.05. The fourth-order valence-electron chi connectivity index (χ4n) is 3.00. The molecule has 1 aliphatic heterocycles. The molecule has 7 heteroatoms. The first-order valence-electron chi connectivity index (χ1n) is 8.81. The molecule has 1 aliphatic rings. The molecule has 0 radical (unpaired) electrons. The number of aromatic nitrogens is 3. The van der Waals surface area contributed by atoms with Gasteiger partial charge in [-0.3, -0.25) is 9.78 Å². The van der Waals surface area contributed by atoms with Crippen LogP contribution in [0.3, 0.4) is 0 Å². The molecule has 0 unspecified atom stereocenters. The zero-order chi connectivity index (χ0) is 18.6. The van der Waals surface area contributed by atoms with E-state index in [1.807, 2.05) is 55.7 Å². The van der Waals surface area contributed by atoms with E-state index in [1.165, 1.54) is 0 Å². The number of anilines is 4. The maximum atomic E-state index is 11.5. The molecule has 0 aliphatic carbocycles. The average molecular weight is 360 g/mol. The number of hydrogen-bond acceptors (Lipinski definition) is 6. The normalized spacial score (nSPS) is 12.4. The number of amides is 1. The molecule has 2 N–H and O–H groups in total. The van der Waals surface area contributed by atoms with Crippen molar-refractivity contribution in [2.45, 2.75) is 12.8 Å². The minimum Gasteiger partial charge on any atom is -0.359 e. The SMILES string of the molecule is CN(CCc1ccccn1)c1ccnc(Nc2ccc3c(c2)CC(=O)N3)n1. The van der Waals surface area contributed by atoms with Crippen molar-refractivity contribution >= 4 is 29.0 Å². The van der Waals surface area contributed by atoms with Gasteiger partial charge in [-0.1, -0.05) is 6.07 Å². The van der Waals surface area contributed by atoms with Crippen LogP contribution in [0.5, 0.6) is 0 Å². The number of hydrogen-bond donors (Lipinski definition) is 2. The highest BCUT2D eigenvalue weighted by atomic mass is 16.1. The standard InChI is InChI=1S/C20H20N6O/c1-26(11-8-15-4-2-3-9-21-15)18-7-10-22-20(25-18)23-16-5-6-17-14(12-16)13-19(27)24-17/h2-7,9-10,12H,8,11,13H2,1H3,(H,24,27)(H,22,23,25). The fraction of sp³-hybridized carbons (Fsp3) is 0.200. The summed E-state index contributed by atoms with van der Waals surface area (Å²) in [5.41, 5.74) is 3.76. The van der Waals surface area contributed by atoms with Crippen LogP contribution in [0.25, 0.3) is 0 Å². The quantitative estimate of drug-likeness (QED) is 0.703. The van der Waals surface area contributed by atoms with Crippen molar-refractivity contribution in [3.8, 4) is 0 Å². The second kappa shape index (κ2) is 7.41. The Hall–Kier alpha value is -3.48. The molecular weight excluding hydrogens is 340 g/mol. The summed E-state index contributed by atoms with van der Waals surface area (Å²) in [6.07, 6.45) is 4.79. The van der Waals surface area contributed by atoms with Crippen molar-refractivity contribution in [1.29, 1.82) is 0 Å². The van der Waals surface area contributed by atoms with Crippen molar-refractivity contribution in [1.82, 2.24) is 15.0 Å². The van der Waals surface area contributed by atoms with E-state index >= 15 is 0 Å². The number of nitrogens with zero attached hydrogens (tertiary/aromatic N) is 4. The maximum Gasteiger partial charge on any atom is 0.229 e. The summed E-state index contributed by atoms with van der Waals surface area (Å²) in [4.78, 5) is 26.8. The van der Waals surface area contributed by atoms with Gasteiger partial charge in [0.25, 0.3) is 0 Å².